The highest BCUT2D eigenvalue weighted by Gasteiger charge is 2.20. The van der Waals surface area contributed by atoms with Gasteiger partial charge in [0.15, 0.2) is 0 Å². The Morgan fingerprint density at radius 2 is 1.75 bits per heavy atom. The van der Waals surface area contributed by atoms with E-state index in [0.717, 1.165) is 0 Å². The molecular formula is C15H13Cl2FO2. The van der Waals surface area contributed by atoms with E-state index in [2.05, 4.69) is 0 Å². The number of ether oxygens (including phenoxy) is 2. The lowest BCUT2D eigenvalue weighted by atomic mass is 10.0. The minimum Gasteiger partial charge on any atom is -0.497 e. The van der Waals surface area contributed by atoms with Crippen LogP contribution >= 0.6 is 23.2 Å². The number of halogens is 3. The molecule has 1 atom stereocenters. The maximum absolute atomic E-state index is 14.1. The van der Waals surface area contributed by atoms with Crippen LogP contribution in [-0.4, -0.2) is 14.2 Å². The minimum atomic E-state index is -0.699. The summed E-state index contributed by atoms with van der Waals surface area (Å²) in [7, 11) is 3.01. The van der Waals surface area contributed by atoms with Gasteiger partial charge in [-0.15, -0.1) is 11.6 Å². The molecule has 2 nitrogen and oxygen atoms in total. The van der Waals surface area contributed by atoms with Gasteiger partial charge in [-0.3, -0.25) is 0 Å². The molecule has 1 unspecified atom stereocenters. The topological polar surface area (TPSA) is 18.5 Å². The number of hydrogen-bond acceptors (Lipinski definition) is 2. The van der Waals surface area contributed by atoms with Crippen molar-refractivity contribution in [2.24, 2.45) is 0 Å². The summed E-state index contributed by atoms with van der Waals surface area (Å²) in [5.41, 5.74) is 0.957. The Labute approximate surface area is 127 Å². The van der Waals surface area contributed by atoms with E-state index < -0.39 is 11.2 Å². The predicted octanol–water partition coefficient (Wildman–Crippen LogP) is 4.82. The molecule has 0 bridgehead atoms. The number of rotatable bonds is 4. The monoisotopic (exact) mass is 314 g/mol. The second-order valence-electron chi connectivity index (χ2n) is 4.14. The summed E-state index contributed by atoms with van der Waals surface area (Å²) in [6.45, 7) is 0. The molecule has 2 aromatic rings. The highest BCUT2D eigenvalue weighted by molar-refractivity contribution is 6.31. The van der Waals surface area contributed by atoms with Gasteiger partial charge >= 0.3 is 0 Å². The van der Waals surface area contributed by atoms with Crippen LogP contribution in [0, 0.1) is 5.82 Å². The van der Waals surface area contributed by atoms with Crippen LogP contribution in [0.4, 0.5) is 4.39 Å². The van der Waals surface area contributed by atoms with Gasteiger partial charge in [0.05, 0.1) is 19.6 Å². The van der Waals surface area contributed by atoms with Crippen LogP contribution in [0.5, 0.6) is 11.5 Å². The Bertz CT molecular complexity index is 617. The van der Waals surface area contributed by atoms with E-state index in [9.17, 15) is 4.39 Å². The van der Waals surface area contributed by atoms with E-state index in [1.807, 2.05) is 0 Å². The van der Waals surface area contributed by atoms with Gasteiger partial charge in [0.25, 0.3) is 0 Å². The molecule has 20 heavy (non-hydrogen) atoms. The zero-order chi connectivity index (χ0) is 14.7. The Balaban J connectivity index is 2.45. The smallest absolute Gasteiger partial charge is 0.131 e. The van der Waals surface area contributed by atoms with E-state index in [1.165, 1.54) is 20.3 Å². The minimum absolute atomic E-state index is 0.341. The number of hydrogen-bond donors (Lipinski definition) is 0. The number of alkyl halides is 1. The van der Waals surface area contributed by atoms with E-state index in [1.54, 1.807) is 30.3 Å². The van der Waals surface area contributed by atoms with Crippen molar-refractivity contribution < 1.29 is 13.9 Å². The van der Waals surface area contributed by atoms with Crippen LogP contribution in [0.15, 0.2) is 36.4 Å². The summed E-state index contributed by atoms with van der Waals surface area (Å²) >= 11 is 12.3. The van der Waals surface area contributed by atoms with E-state index in [0.29, 0.717) is 27.6 Å². The third-order valence-electron chi connectivity index (χ3n) is 2.95. The van der Waals surface area contributed by atoms with Crippen molar-refractivity contribution in [1.82, 2.24) is 0 Å². The second-order valence-corrected chi connectivity index (χ2v) is 5.01. The highest BCUT2D eigenvalue weighted by atomic mass is 35.5. The molecule has 0 saturated heterocycles. The van der Waals surface area contributed by atoms with Gasteiger partial charge in [-0.25, -0.2) is 4.39 Å². The summed E-state index contributed by atoms with van der Waals surface area (Å²) in [6, 6.07) is 9.60. The fourth-order valence-corrected chi connectivity index (χ4v) is 2.44. The average molecular weight is 315 g/mol. The van der Waals surface area contributed by atoms with Gasteiger partial charge in [-0.05, 0) is 24.3 Å². The third kappa shape index (κ3) is 3.00. The zero-order valence-electron chi connectivity index (χ0n) is 11.0. The SMILES string of the molecule is COc1ccc(C(Cl)c2cc(Cl)ccc2OC)c(F)c1. The first-order valence-corrected chi connectivity index (χ1v) is 6.69. The van der Waals surface area contributed by atoms with Crippen LogP contribution in [0.1, 0.15) is 16.5 Å². The molecule has 0 fully saturated rings. The Hall–Kier alpha value is -1.45. The maximum Gasteiger partial charge on any atom is 0.131 e. The molecule has 106 valence electrons. The first kappa shape index (κ1) is 14.9. The molecule has 0 aliphatic carbocycles. The van der Waals surface area contributed by atoms with Gasteiger partial charge in [0, 0.05) is 22.2 Å². The van der Waals surface area contributed by atoms with Crippen molar-refractivity contribution in [2.45, 2.75) is 5.38 Å². The fourth-order valence-electron chi connectivity index (χ4n) is 1.91. The van der Waals surface area contributed by atoms with Crippen LogP contribution in [0.2, 0.25) is 5.02 Å². The quantitative estimate of drug-likeness (QED) is 0.753. The first-order chi connectivity index (χ1) is 9.56. The summed E-state index contributed by atoms with van der Waals surface area (Å²) in [5, 5.41) is -0.185. The molecule has 0 aliphatic rings. The van der Waals surface area contributed by atoms with Gasteiger partial charge in [-0.2, -0.15) is 0 Å². The Morgan fingerprint density at radius 3 is 2.35 bits per heavy atom. The first-order valence-electron chi connectivity index (χ1n) is 5.87. The van der Waals surface area contributed by atoms with Crippen molar-refractivity contribution >= 4 is 23.2 Å². The average Bonchev–Trinajstić information content (AvgIpc) is 2.46. The van der Waals surface area contributed by atoms with Gasteiger partial charge in [0.1, 0.15) is 17.3 Å². The highest BCUT2D eigenvalue weighted by Crippen LogP contribution is 2.38. The lowest BCUT2D eigenvalue weighted by Gasteiger charge is -2.16. The molecule has 0 N–H and O–H groups in total. The predicted molar refractivity (Wildman–Crippen MR) is 78.7 cm³/mol. The summed E-state index contributed by atoms with van der Waals surface area (Å²) in [6.07, 6.45) is 0. The molecule has 0 spiro atoms. The van der Waals surface area contributed by atoms with Crippen molar-refractivity contribution in [1.29, 1.82) is 0 Å². The van der Waals surface area contributed by atoms with Crippen LogP contribution in [0.25, 0.3) is 0 Å². The van der Waals surface area contributed by atoms with Gasteiger partial charge < -0.3 is 9.47 Å². The van der Waals surface area contributed by atoms with Crippen LogP contribution in [0.3, 0.4) is 0 Å². The fraction of sp³-hybridized carbons (Fsp3) is 0.200. The summed E-state index contributed by atoms with van der Waals surface area (Å²) < 4.78 is 24.3. The van der Waals surface area contributed by atoms with Crippen molar-refractivity contribution in [2.75, 3.05) is 14.2 Å². The standard InChI is InChI=1S/C15H13Cl2FO2/c1-19-10-4-5-11(13(18)8-10)15(17)12-7-9(16)3-6-14(12)20-2/h3-8,15H,1-2H3. The summed E-state index contributed by atoms with van der Waals surface area (Å²) in [4.78, 5) is 0. The molecule has 0 aliphatic heterocycles. The number of benzene rings is 2. The number of methoxy groups -OCH3 is 2. The van der Waals surface area contributed by atoms with Gasteiger partial charge in [0.2, 0.25) is 0 Å². The normalized spacial score (nSPS) is 12.1. The second kappa shape index (κ2) is 6.33. The van der Waals surface area contributed by atoms with Crippen LogP contribution < -0.4 is 9.47 Å². The largest absolute Gasteiger partial charge is 0.497 e. The molecule has 2 aromatic carbocycles. The van der Waals surface area contributed by atoms with E-state index >= 15 is 0 Å². The Morgan fingerprint density at radius 1 is 1.00 bits per heavy atom. The summed E-state index contributed by atoms with van der Waals surface area (Å²) in [5.74, 6) is 0.559. The molecule has 5 heteroatoms. The third-order valence-corrected chi connectivity index (χ3v) is 3.65. The van der Waals surface area contributed by atoms with E-state index in [4.69, 9.17) is 32.7 Å². The van der Waals surface area contributed by atoms with Crippen molar-refractivity contribution in [3.05, 3.63) is 58.4 Å². The lowest BCUT2D eigenvalue weighted by molar-refractivity contribution is 0.408. The lowest BCUT2D eigenvalue weighted by Crippen LogP contribution is -2.00. The van der Waals surface area contributed by atoms with Gasteiger partial charge in [-0.1, -0.05) is 17.7 Å². The van der Waals surface area contributed by atoms with E-state index in [-0.39, 0.29) is 0 Å². The maximum atomic E-state index is 14.1. The zero-order valence-corrected chi connectivity index (χ0v) is 12.5. The molecule has 0 saturated carbocycles. The molecule has 2 rings (SSSR count). The molecule has 0 amide bonds. The molecule has 0 radical (unpaired) electrons. The molecule has 0 heterocycles. The van der Waals surface area contributed by atoms with Crippen molar-refractivity contribution in [3.63, 3.8) is 0 Å². The van der Waals surface area contributed by atoms with Crippen molar-refractivity contribution in [3.8, 4) is 11.5 Å². The molecule has 0 aromatic heterocycles. The van der Waals surface area contributed by atoms with Crippen LogP contribution in [-0.2, 0) is 0 Å². The molecular weight excluding hydrogens is 302 g/mol. The Kier molecular flexibility index (Phi) is 4.73.